The largest absolute Gasteiger partial charge is 0.493 e. The third kappa shape index (κ3) is 4.49. The van der Waals surface area contributed by atoms with Crippen molar-refractivity contribution < 1.29 is 33.3 Å². The summed E-state index contributed by atoms with van der Waals surface area (Å²) in [6.45, 7) is -0.145. The number of nitrogens with one attached hydrogen (secondary N) is 1. The van der Waals surface area contributed by atoms with Crippen LogP contribution in [-0.4, -0.2) is 57.0 Å². The van der Waals surface area contributed by atoms with Gasteiger partial charge in [0.15, 0.2) is 23.0 Å². The van der Waals surface area contributed by atoms with Crippen LogP contribution in [0.5, 0.6) is 23.0 Å². The molecule has 0 saturated carbocycles. The molecule has 0 radical (unpaired) electrons. The summed E-state index contributed by atoms with van der Waals surface area (Å²) < 4.78 is 21.1. The summed E-state index contributed by atoms with van der Waals surface area (Å²) in [4.78, 5) is 35.2. The summed E-state index contributed by atoms with van der Waals surface area (Å²) in [5.74, 6) is 0.340. The molecule has 1 aliphatic heterocycles. The lowest BCUT2D eigenvalue weighted by molar-refractivity contribution is -0.118. The molecule has 10 nitrogen and oxygen atoms in total. The van der Waals surface area contributed by atoms with E-state index in [-0.39, 0.29) is 23.6 Å². The minimum Gasteiger partial charge on any atom is -0.493 e. The molecule has 2 aromatic carbocycles. The first-order valence-electron chi connectivity index (χ1n) is 8.72. The highest BCUT2D eigenvalue weighted by Crippen LogP contribution is 2.31. The van der Waals surface area contributed by atoms with E-state index in [1.807, 2.05) is 0 Å². The van der Waals surface area contributed by atoms with Crippen LogP contribution in [-0.2, 0) is 4.79 Å². The highest BCUT2D eigenvalue weighted by molar-refractivity contribution is 6.02. The lowest BCUT2D eigenvalue weighted by atomic mass is 10.2. The van der Waals surface area contributed by atoms with Crippen LogP contribution in [0, 0.1) is 0 Å². The highest BCUT2D eigenvalue weighted by atomic mass is 16.6. The fourth-order valence-corrected chi connectivity index (χ4v) is 2.63. The summed E-state index contributed by atoms with van der Waals surface area (Å²) in [7, 11) is 4.40. The Bertz CT molecular complexity index is 1020. The van der Waals surface area contributed by atoms with Gasteiger partial charge in [0.25, 0.3) is 0 Å². The predicted molar refractivity (Wildman–Crippen MR) is 105 cm³/mol. The first kappa shape index (κ1) is 20.6. The molecule has 0 atom stereocenters. The van der Waals surface area contributed by atoms with Crippen molar-refractivity contribution in [2.75, 3.05) is 27.9 Å². The minimum atomic E-state index is -0.608. The number of urea groups is 1. The fraction of sp³-hybridized carbons (Fsp3) is 0.200. The van der Waals surface area contributed by atoms with E-state index in [0.717, 1.165) is 5.01 Å². The number of rotatable bonds is 7. The Hall–Kier alpha value is -4.08. The van der Waals surface area contributed by atoms with Gasteiger partial charge in [0.05, 0.1) is 33.1 Å². The Morgan fingerprint density at radius 3 is 2.27 bits per heavy atom. The third-order valence-electron chi connectivity index (χ3n) is 4.13. The van der Waals surface area contributed by atoms with Gasteiger partial charge in [-0.05, 0) is 42.0 Å². The number of carbonyl (C=O) groups is 3. The second-order valence-corrected chi connectivity index (χ2v) is 6.03. The van der Waals surface area contributed by atoms with E-state index in [4.69, 9.17) is 18.9 Å². The van der Waals surface area contributed by atoms with Gasteiger partial charge in [0, 0.05) is 0 Å². The smallest absolute Gasteiger partial charge is 0.344 e. The minimum absolute atomic E-state index is 0.145. The van der Waals surface area contributed by atoms with E-state index < -0.39 is 17.9 Å². The van der Waals surface area contributed by atoms with Crippen molar-refractivity contribution in [3.8, 4) is 23.0 Å². The Labute approximate surface area is 172 Å². The maximum Gasteiger partial charge on any atom is 0.344 e. The van der Waals surface area contributed by atoms with Crippen molar-refractivity contribution in [1.82, 2.24) is 10.3 Å². The second kappa shape index (κ2) is 8.95. The lowest BCUT2D eigenvalue weighted by Crippen LogP contribution is -2.24. The lowest BCUT2D eigenvalue weighted by Gasteiger charge is -2.12. The van der Waals surface area contributed by atoms with E-state index in [2.05, 4.69) is 10.4 Å². The first-order chi connectivity index (χ1) is 14.4. The number of methoxy groups -OCH3 is 3. The van der Waals surface area contributed by atoms with E-state index in [0.29, 0.717) is 17.1 Å². The number of hydrogen-bond donors (Lipinski definition) is 1. The van der Waals surface area contributed by atoms with Crippen LogP contribution >= 0.6 is 0 Å². The molecule has 156 valence electrons. The number of carbonyl (C=O) groups excluding carboxylic acids is 3. The summed E-state index contributed by atoms with van der Waals surface area (Å²) in [6.07, 6.45) is 1.39. The van der Waals surface area contributed by atoms with Crippen LogP contribution in [0.1, 0.15) is 15.9 Å². The molecule has 1 N–H and O–H groups in total. The zero-order valence-corrected chi connectivity index (χ0v) is 16.5. The molecule has 1 heterocycles. The van der Waals surface area contributed by atoms with Crippen LogP contribution in [0.25, 0.3) is 0 Å². The molecule has 2 aromatic rings. The monoisotopic (exact) mass is 413 g/mol. The van der Waals surface area contributed by atoms with Gasteiger partial charge in [-0.2, -0.15) is 5.10 Å². The zero-order chi connectivity index (χ0) is 21.7. The maximum atomic E-state index is 12.5. The van der Waals surface area contributed by atoms with Gasteiger partial charge in [-0.1, -0.05) is 0 Å². The molecule has 1 fully saturated rings. The molecule has 1 saturated heterocycles. The number of ether oxygens (including phenoxy) is 4. The number of nitrogens with zero attached hydrogens (tertiary/aromatic N) is 2. The summed E-state index contributed by atoms with van der Waals surface area (Å²) >= 11 is 0. The summed E-state index contributed by atoms with van der Waals surface area (Å²) in [6, 6.07) is 8.81. The van der Waals surface area contributed by atoms with Crippen LogP contribution in [0.2, 0.25) is 0 Å². The molecule has 0 aliphatic carbocycles. The number of hydrazone groups is 1. The summed E-state index contributed by atoms with van der Waals surface area (Å²) in [5, 5.41) is 7.08. The van der Waals surface area contributed by atoms with Crippen LogP contribution in [0.15, 0.2) is 41.5 Å². The number of amides is 3. The fourth-order valence-electron chi connectivity index (χ4n) is 2.63. The van der Waals surface area contributed by atoms with Crippen molar-refractivity contribution in [3.05, 3.63) is 47.5 Å². The van der Waals surface area contributed by atoms with Crippen molar-refractivity contribution in [2.45, 2.75) is 0 Å². The second-order valence-electron chi connectivity index (χ2n) is 6.03. The van der Waals surface area contributed by atoms with Gasteiger partial charge in [0.2, 0.25) is 5.91 Å². The van der Waals surface area contributed by atoms with Crippen molar-refractivity contribution in [1.29, 1.82) is 0 Å². The molecular formula is C20H19N3O7. The quantitative estimate of drug-likeness (QED) is 0.319. The Morgan fingerprint density at radius 1 is 0.967 bits per heavy atom. The third-order valence-corrected chi connectivity index (χ3v) is 4.13. The number of benzene rings is 2. The van der Waals surface area contributed by atoms with Crippen molar-refractivity contribution in [3.63, 3.8) is 0 Å². The zero-order valence-electron chi connectivity index (χ0n) is 16.5. The topological polar surface area (TPSA) is 116 Å². The number of imide groups is 1. The summed E-state index contributed by atoms with van der Waals surface area (Å²) in [5.41, 5.74) is 0.843. The Morgan fingerprint density at radius 2 is 1.63 bits per heavy atom. The predicted octanol–water partition coefficient (Wildman–Crippen LogP) is 1.82. The molecule has 0 unspecified atom stereocenters. The van der Waals surface area contributed by atoms with Gasteiger partial charge >= 0.3 is 12.0 Å². The van der Waals surface area contributed by atoms with Gasteiger partial charge in [-0.15, -0.1) is 0 Å². The Kier molecular flexibility index (Phi) is 6.16. The average molecular weight is 413 g/mol. The molecular weight excluding hydrogens is 394 g/mol. The van der Waals surface area contributed by atoms with E-state index in [9.17, 15) is 14.4 Å². The molecule has 10 heteroatoms. The van der Waals surface area contributed by atoms with E-state index in [1.165, 1.54) is 39.7 Å². The number of hydrogen-bond acceptors (Lipinski definition) is 8. The standard InChI is InChI=1S/C20H19N3O7/c1-27-14-7-5-13(9-17(14)29-3)19(25)30-15-6-4-12(8-16(15)28-2)10-21-23-11-18(24)22-20(23)26/h4-10H,11H2,1-3H3,(H,22,24,26)/b21-10-. The SMILES string of the molecule is COc1ccc(C(=O)Oc2ccc(/C=N\N3CC(=O)NC3=O)cc2OC)cc1OC. The number of esters is 1. The molecule has 0 aromatic heterocycles. The van der Waals surface area contributed by atoms with Gasteiger partial charge in [0.1, 0.15) is 6.54 Å². The normalized spacial score (nSPS) is 13.4. The van der Waals surface area contributed by atoms with Gasteiger partial charge in [-0.25, -0.2) is 14.6 Å². The molecule has 3 amide bonds. The van der Waals surface area contributed by atoms with Gasteiger partial charge < -0.3 is 18.9 Å². The first-order valence-corrected chi connectivity index (χ1v) is 8.72. The van der Waals surface area contributed by atoms with Crippen LogP contribution < -0.4 is 24.3 Å². The molecule has 0 bridgehead atoms. The molecule has 30 heavy (non-hydrogen) atoms. The van der Waals surface area contributed by atoms with E-state index >= 15 is 0 Å². The van der Waals surface area contributed by atoms with Crippen LogP contribution in [0.4, 0.5) is 4.79 Å². The Balaban J connectivity index is 1.76. The molecule has 0 spiro atoms. The van der Waals surface area contributed by atoms with Crippen molar-refractivity contribution in [2.24, 2.45) is 5.10 Å². The van der Waals surface area contributed by atoms with Crippen LogP contribution in [0.3, 0.4) is 0 Å². The maximum absolute atomic E-state index is 12.5. The molecule has 3 rings (SSSR count). The highest BCUT2D eigenvalue weighted by Gasteiger charge is 2.26. The van der Waals surface area contributed by atoms with E-state index in [1.54, 1.807) is 24.3 Å². The molecule has 1 aliphatic rings. The van der Waals surface area contributed by atoms with Gasteiger partial charge in [-0.3, -0.25) is 10.1 Å². The average Bonchev–Trinajstić information content (AvgIpc) is 3.09. The van der Waals surface area contributed by atoms with Crippen molar-refractivity contribution >= 4 is 24.1 Å².